The molecule has 1 aromatic heterocycles. The third-order valence-corrected chi connectivity index (χ3v) is 4.01. The molecule has 96 valence electrons. The second-order valence-electron chi connectivity index (χ2n) is 4.45. The Morgan fingerprint density at radius 3 is 2.78 bits per heavy atom. The van der Waals surface area contributed by atoms with Crippen LogP contribution < -0.4 is 10.6 Å². The van der Waals surface area contributed by atoms with Crippen molar-refractivity contribution < 1.29 is 4.39 Å². The van der Waals surface area contributed by atoms with E-state index in [0.29, 0.717) is 11.7 Å². The van der Waals surface area contributed by atoms with Crippen molar-refractivity contribution in [2.45, 2.75) is 19.4 Å². The maximum absolute atomic E-state index is 13.0. The molecule has 1 atom stereocenters. The topological polar surface area (TPSA) is 29.3 Å². The molecule has 2 nitrogen and oxygen atoms in total. The Kier molecular flexibility index (Phi) is 3.87. The van der Waals surface area contributed by atoms with E-state index >= 15 is 0 Å². The van der Waals surface area contributed by atoms with Gasteiger partial charge in [-0.3, -0.25) is 0 Å². The van der Waals surface area contributed by atoms with Gasteiger partial charge >= 0.3 is 0 Å². The van der Waals surface area contributed by atoms with Crippen molar-refractivity contribution in [3.8, 4) is 0 Å². The SMILES string of the molecule is CC(Cc1cccs1)N(C)c1ccc(F)cc1N. The van der Waals surface area contributed by atoms with Gasteiger partial charge in [0.25, 0.3) is 0 Å². The first kappa shape index (κ1) is 12.9. The van der Waals surface area contributed by atoms with Gasteiger partial charge in [-0.1, -0.05) is 6.07 Å². The maximum Gasteiger partial charge on any atom is 0.125 e. The van der Waals surface area contributed by atoms with Crippen LogP contribution in [-0.2, 0) is 6.42 Å². The Morgan fingerprint density at radius 1 is 1.39 bits per heavy atom. The molecule has 1 aromatic carbocycles. The van der Waals surface area contributed by atoms with Gasteiger partial charge in [0.2, 0.25) is 0 Å². The van der Waals surface area contributed by atoms with Gasteiger partial charge < -0.3 is 10.6 Å². The fourth-order valence-corrected chi connectivity index (χ4v) is 2.77. The van der Waals surface area contributed by atoms with Crippen LogP contribution in [0.1, 0.15) is 11.8 Å². The van der Waals surface area contributed by atoms with E-state index in [9.17, 15) is 4.39 Å². The lowest BCUT2D eigenvalue weighted by atomic mass is 10.1. The van der Waals surface area contributed by atoms with Gasteiger partial charge in [-0.2, -0.15) is 0 Å². The fraction of sp³-hybridized carbons (Fsp3) is 0.286. The number of rotatable bonds is 4. The van der Waals surface area contributed by atoms with Crippen LogP contribution >= 0.6 is 11.3 Å². The summed E-state index contributed by atoms with van der Waals surface area (Å²) in [4.78, 5) is 3.43. The van der Waals surface area contributed by atoms with E-state index in [-0.39, 0.29) is 5.82 Å². The molecule has 2 aromatic rings. The van der Waals surface area contributed by atoms with E-state index in [2.05, 4.69) is 29.3 Å². The third kappa shape index (κ3) is 2.82. The molecule has 1 heterocycles. The van der Waals surface area contributed by atoms with Gasteiger partial charge in [0, 0.05) is 24.4 Å². The summed E-state index contributed by atoms with van der Waals surface area (Å²) in [7, 11) is 1.99. The number of nitrogens with zero attached hydrogens (tertiary/aromatic N) is 1. The Morgan fingerprint density at radius 2 is 2.17 bits per heavy atom. The lowest BCUT2D eigenvalue weighted by molar-refractivity contribution is 0.627. The van der Waals surface area contributed by atoms with E-state index in [1.165, 1.54) is 17.0 Å². The zero-order chi connectivity index (χ0) is 13.1. The number of nitrogen functional groups attached to an aromatic ring is 1. The molecular weight excluding hydrogens is 247 g/mol. The molecule has 18 heavy (non-hydrogen) atoms. The lowest BCUT2D eigenvalue weighted by Crippen LogP contribution is -2.31. The minimum Gasteiger partial charge on any atom is -0.397 e. The molecule has 4 heteroatoms. The Hall–Kier alpha value is -1.55. The Balaban J connectivity index is 2.12. The van der Waals surface area contributed by atoms with Crippen LogP contribution in [0.5, 0.6) is 0 Å². The summed E-state index contributed by atoms with van der Waals surface area (Å²) >= 11 is 1.75. The molecule has 1 unspecified atom stereocenters. The number of likely N-dealkylation sites (N-methyl/N-ethyl adjacent to an activating group) is 1. The van der Waals surface area contributed by atoms with Gasteiger partial charge in [0.15, 0.2) is 0 Å². The predicted molar refractivity (Wildman–Crippen MR) is 76.7 cm³/mol. The Bertz CT molecular complexity index is 511. The average Bonchev–Trinajstić information content (AvgIpc) is 2.81. The lowest BCUT2D eigenvalue weighted by Gasteiger charge is -2.28. The third-order valence-electron chi connectivity index (χ3n) is 3.11. The monoisotopic (exact) mass is 264 g/mol. The van der Waals surface area contributed by atoms with Crippen molar-refractivity contribution in [3.63, 3.8) is 0 Å². The van der Waals surface area contributed by atoms with E-state index < -0.39 is 0 Å². The molecule has 0 saturated heterocycles. The van der Waals surface area contributed by atoms with Crippen LogP contribution in [0, 0.1) is 5.82 Å². The largest absolute Gasteiger partial charge is 0.397 e. The highest BCUT2D eigenvalue weighted by molar-refractivity contribution is 7.09. The molecule has 0 amide bonds. The molecule has 2 rings (SSSR count). The van der Waals surface area contributed by atoms with Crippen molar-refractivity contribution in [3.05, 3.63) is 46.4 Å². The minimum absolute atomic E-state index is 0.296. The first-order chi connectivity index (χ1) is 8.58. The molecule has 0 aliphatic rings. The van der Waals surface area contributed by atoms with E-state index in [1.54, 1.807) is 17.4 Å². The molecular formula is C14H17FN2S. The smallest absolute Gasteiger partial charge is 0.125 e. The summed E-state index contributed by atoms with van der Waals surface area (Å²) in [5, 5.41) is 2.08. The van der Waals surface area contributed by atoms with Crippen LogP contribution in [0.15, 0.2) is 35.7 Å². The fourth-order valence-electron chi connectivity index (χ4n) is 1.94. The van der Waals surface area contributed by atoms with Crippen molar-refractivity contribution in [1.29, 1.82) is 0 Å². The van der Waals surface area contributed by atoms with Gasteiger partial charge in [0.1, 0.15) is 5.82 Å². The maximum atomic E-state index is 13.0. The summed E-state index contributed by atoms with van der Waals surface area (Å²) in [6, 6.07) is 9.04. The first-order valence-corrected chi connectivity index (χ1v) is 6.76. The number of benzene rings is 1. The summed E-state index contributed by atoms with van der Waals surface area (Å²) in [6.45, 7) is 2.14. The van der Waals surface area contributed by atoms with Crippen LogP contribution in [0.25, 0.3) is 0 Å². The number of thiophene rings is 1. The molecule has 0 fully saturated rings. The van der Waals surface area contributed by atoms with Crippen LogP contribution in [-0.4, -0.2) is 13.1 Å². The number of hydrogen-bond acceptors (Lipinski definition) is 3. The van der Waals surface area contributed by atoms with Crippen LogP contribution in [0.3, 0.4) is 0 Å². The van der Waals surface area contributed by atoms with E-state index in [0.717, 1.165) is 12.1 Å². The first-order valence-electron chi connectivity index (χ1n) is 5.88. The standard InChI is InChI=1S/C14H17FN2S/c1-10(8-12-4-3-7-18-12)17(2)14-6-5-11(15)9-13(14)16/h3-7,9-10H,8,16H2,1-2H3. The molecule has 0 radical (unpaired) electrons. The second-order valence-corrected chi connectivity index (χ2v) is 5.48. The van der Waals surface area contributed by atoms with Crippen molar-refractivity contribution in [1.82, 2.24) is 0 Å². The minimum atomic E-state index is -0.296. The quantitative estimate of drug-likeness (QED) is 0.856. The molecule has 2 N–H and O–H groups in total. The predicted octanol–water partition coefficient (Wildman–Crippen LogP) is 3.54. The van der Waals surface area contributed by atoms with Crippen LogP contribution in [0.2, 0.25) is 0 Å². The summed E-state index contributed by atoms with van der Waals surface area (Å²) in [6.07, 6.45) is 0.963. The average molecular weight is 264 g/mol. The van der Waals surface area contributed by atoms with Gasteiger partial charge in [-0.25, -0.2) is 4.39 Å². The number of hydrogen-bond donors (Lipinski definition) is 1. The van der Waals surface area contributed by atoms with Crippen molar-refractivity contribution in [2.24, 2.45) is 0 Å². The number of nitrogens with two attached hydrogens (primary N) is 1. The summed E-state index contributed by atoms with van der Waals surface area (Å²) in [5.74, 6) is -0.296. The van der Waals surface area contributed by atoms with Crippen molar-refractivity contribution in [2.75, 3.05) is 17.7 Å². The van der Waals surface area contributed by atoms with Gasteiger partial charge in [0.05, 0.1) is 11.4 Å². The summed E-state index contributed by atoms with van der Waals surface area (Å²) in [5.41, 5.74) is 7.21. The molecule has 0 bridgehead atoms. The highest BCUT2D eigenvalue weighted by Crippen LogP contribution is 2.26. The summed E-state index contributed by atoms with van der Waals surface area (Å²) < 4.78 is 13.0. The zero-order valence-electron chi connectivity index (χ0n) is 10.6. The number of halogens is 1. The molecule has 0 aliphatic carbocycles. The Labute approximate surface area is 111 Å². The normalized spacial score (nSPS) is 12.4. The zero-order valence-corrected chi connectivity index (χ0v) is 11.4. The second kappa shape index (κ2) is 5.40. The highest BCUT2D eigenvalue weighted by atomic mass is 32.1. The van der Waals surface area contributed by atoms with Gasteiger partial charge in [-0.05, 0) is 36.6 Å². The number of anilines is 2. The highest BCUT2D eigenvalue weighted by Gasteiger charge is 2.14. The van der Waals surface area contributed by atoms with Crippen molar-refractivity contribution >= 4 is 22.7 Å². The van der Waals surface area contributed by atoms with Gasteiger partial charge in [-0.15, -0.1) is 11.3 Å². The molecule has 0 spiro atoms. The molecule has 0 saturated carbocycles. The molecule has 0 aliphatic heterocycles. The van der Waals surface area contributed by atoms with E-state index in [1.807, 2.05) is 7.05 Å². The van der Waals surface area contributed by atoms with E-state index in [4.69, 9.17) is 5.73 Å². The van der Waals surface area contributed by atoms with Crippen LogP contribution in [0.4, 0.5) is 15.8 Å².